The average Bonchev–Trinajstić information content (AvgIpc) is 2.16. The molecule has 15 heavy (non-hydrogen) atoms. The Bertz CT molecular complexity index is 350. The molecule has 0 amide bonds. The van der Waals surface area contributed by atoms with Crippen LogP contribution in [0.25, 0.3) is 0 Å². The molecule has 1 aromatic carbocycles. The number of ether oxygens (including phenoxy) is 1. The van der Waals surface area contributed by atoms with Crippen LogP contribution in [-0.4, -0.2) is 13.1 Å². The molecule has 0 aliphatic heterocycles. The molecule has 82 valence electrons. The molecule has 0 aromatic heterocycles. The zero-order chi connectivity index (χ0) is 11.5. The Morgan fingerprint density at radius 2 is 1.93 bits per heavy atom. The molecule has 0 saturated carbocycles. The Morgan fingerprint density at radius 1 is 1.40 bits per heavy atom. The van der Waals surface area contributed by atoms with E-state index >= 15 is 0 Å². The van der Waals surface area contributed by atoms with Gasteiger partial charge in [-0.3, -0.25) is 0 Å². The predicted octanol–water partition coefficient (Wildman–Crippen LogP) is 0.553. The van der Waals surface area contributed by atoms with Crippen molar-refractivity contribution in [2.75, 3.05) is 7.11 Å². The van der Waals surface area contributed by atoms with E-state index < -0.39 is 12.9 Å². The van der Waals surface area contributed by atoms with Crippen LogP contribution < -0.4 is 14.9 Å². The van der Waals surface area contributed by atoms with Gasteiger partial charge in [0.2, 0.25) is 0 Å². The molecule has 4 nitrogen and oxygen atoms in total. The van der Waals surface area contributed by atoms with Crippen molar-refractivity contribution in [2.45, 2.75) is 6.92 Å². The SMILES string of the molecule is COc1ccc([P+]([O-])([S-])OC(C)=O)cc1. The normalized spacial score (nSPS) is 14.1. The smallest absolute Gasteiger partial charge is 0.344 e. The molecule has 1 atom stereocenters. The fraction of sp³-hybridized carbons (Fsp3) is 0.222. The Hall–Kier alpha value is -0.770. The molecule has 1 aromatic rings. The van der Waals surface area contributed by atoms with E-state index in [4.69, 9.17) is 17.0 Å². The first-order chi connectivity index (χ1) is 6.95. The highest BCUT2D eigenvalue weighted by molar-refractivity contribution is 8.40. The van der Waals surface area contributed by atoms with Crippen molar-refractivity contribution in [3.63, 3.8) is 0 Å². The van der Waals surface area contributed by atoms with E-state index in [1.807, 2.05) is 0 Å². The minimum atomic E-state index is -3.45. The first-order valence-electron chi connectivity index (χ1n) is 4.11. The van der Waals surface area contributed by atoms with Gasteiger partial charge >= 0.3 is 5.97 Å². The third kappa shape index (κ3) is 3.38. The predicted molar refractivity (Wildman–Crippen MR) is 58.7 cm³/mol. The van der Waals surface area contributed by atoms with Crippen molar-refractivity contribution >= 4 is 30.4 Å². The summed E-state index contributed by atoms with van der Waals surface area (Å²) in [6, 6.07) is 6.26. The van der Waals surface area contributed by atoms with Gasteiger partial charge in [-0.1, -0.05) is 0 Å². The lowest BCUT2D eigenvalue weighted by Gasteiger charge is -2.33. The zero-order valence-corrected chi connectivity index (χ0v) is 10.0. The van der Waals surface area contributed by atoms with Crippen molar-refractivity contribution in [2.24, 2.45) is 0 Å². The van der Waals surface area contributed by atoms with Crippen LogP contribution in [0.3, 0.4) is 0 Å². The van der Waals surface area contributed by atoms with Gasteiger partial charge in [0.25, 0.3) is 0 Å². The van der Waals surface area contributed by atoms with Crippen LogP contribution in [0.1, 0.15) is 6.92 Å². The molecule has 6 heteroatoms. The summed E-state index contributed by atoms with van der Waals surface area (Å²) in [6.45, 7) is -2.28. The number of carbonyl (C=O) groups excluding carboxylic acids is 1. The second kappa shape index (κ2) is 4.84. The van der Waals surface area contributed by atoms with Crippen LogP contribution in [0.2, 0.25) is 0 Å². The maximum atomic E-state index is 11.8. The minimum absolute atomic E-state index is 0.313. The van der Waals surface area contributed by atoms with E-state index in [1.165, 1.54) is 26.2 Å². The van der Waals surface area contributed by atoms with E-state index in [-0.39, 0.29) is 0 Å². The highest BCUT2D eigenvalue weighted by Crippen LogP contribution is 2.47. The van der Waals surface area contributed by atoms with Gasteiger partial charge in [-0.15, -0.1) is 0 Å². The van der Waals surface area contributed by atoms with Gasteiger partial charge in [0.15, 0.2) is 0 Å². The number of benzene rings is 1. The quantitative estimate of drug-likeness (QED) is 0.575. The number of rotatable bonds is 3. The molecule has 1 unspecified atom stereocenters. The summed E-state index contributed by atoms with van der Waals surface area (Å²) in [5, 5.41) is 0.313. The van der Waals surface area contributed by atoms with Crippen molar-refractivity contribution in [3.8, 4) is 5.75 Å². The Morgan fingerprint density at radius 3 is 2.33 bits per heavy atom. The Labute approximate surface area is 93.9 Å². The molecular weight excluding hydrogens is 235 g/mol. The Balaban J connectivity index is 2.89. The second-order valence-electron chi connectivity index (χ2n) is 2.78. The lowest BCUT2D eigenvalue weighted by molar-refractivity contribution is -0.182. The summed E-state index contributed by atoms with van der Waals surface area (Å²) in [4.78, 5) is 22.4. The molecule has 0 radical (unpaired) electrons. The molecule has 0 saturated heterocycles. The second-order valence-corrected chi connectivity index (χ2v) is 5.91. The Kier molecular flexibility index (Phi) is 3.97. The highest BCUT2D eigenvalue weighted by atomic mass is 32.7. The molecule has 0 N–H and O–H groups in total. The van der Waals surface area contributed by atoms with Gasteiger partial charge in [-0.2, -0.15) is 0 Å². The number of carbonyl (C=O) groups is 1. The standard InChI is InChI=1S/C9H11O4PS/c1-7(10)13-14(11,15)9-5-3-8(12-2)4-6-9/h3-6H,1-2H3,(H,11,15)/p-1. The summed E-state index contributed by atoms with van der Waals surface area (Å²) in [5.41, 5.74) is 0. The molecule has 0 spiro atoms. The van der Waals surface area contributed by atoms with Gasteiger partial charge in [-0.05, 0) is 24.3 Å². The van der Waals surface area contributed by atoms with E-state index in [1.54, 1.807) is 12.1 Å². The lowest BCUT2D eigenvalue weighted by Crippen LogP contribution is -2.23. The van der Waals surface area contributed by atoms with Crippen molar-refractivity contribution < 1.29 is 18.9 Å². The van der Waals surface area contributed by atoms with Gasteiger partial charge < -0.3 is 26.4 Å². The largest absolute Gasteiger partial charge is 0.661 e. The maximum absolute atomic E-state index is 11.8. The number of hydrogen-bond donors (Lipinski definition) is 0. The van der Waals surface area contributed by atoms with E-state index in [2.05, 4.69) is 4.52 Å². The summed E-state index contributed by atoms with van der Waals surface area (Å²) >= 11 is 4.74. The van der Waals surface area contributed by atoms with Crippen LogP contribution in [0, 0.1) is 0 Å². The van der Waals surface area contributed by atoms with Gasteiger partial charge in [0, 0.05) is 6.92 Å². The zero-order valence-electron chi connectivity index (χ0n) is 8.30. The van der Waals surface area contributed by atoms with Crippen LogP contribution in [-0.2, 0) is 21.6 Å². The average molecular weight is 245 g/mol. The molecule has 0 heterocycles. The number of hydrogen-bond acceptors (Lipinski definition) is 5. The third-order valence-electron chi connectivity index (χ3n) is 1.64. The summed E-state index contributed by atoms with van der Waals surface area (Å²) in [5.74, 6) is -0.0271. The molecule has 1 rings (SSSR count). The van der Waals surface area contributed by atoms with Gasteiger partial charge in [-0.25, -0.2) is 4.79 Å². The fourth-order valence-corrected chi connectivity index (χ4v) is 2.62. The summed E-state index contributed by atoms with van der Waals surface area (Å²) < 4.78 is 9.52. The van der Waals surface area contributed by atoms with Crippen LogP contribution in [0.5, 0.6) is 5.75 Å². The molecule has 0 bridgehead atoms. The molecule has 0 fully saturated rings. The molecule has 0 aliphatic carbocycles. The third-order valence-corrected chi connectivity index (χ3v) is 3.92. The summed E-state index contributed by atoms with van der Waals surface area (Å²) in [6.07, 6.45) is 0. The lowest BCUT2D eigenvalue weighted by atomic mass is 10.3. The minimum Gasteiger partial charge on any atom is -0.661 e. The van der Waals surface area contributed by atoms with Crippen molar-refractivity contribution in [1.29, 1.82) is 0 Å². The first kappa shape index (κ1) is 12.3. The molecule has 0 aliphatic rings. The van der Waals surface area contributed by atoms with E-state index in [0.29, 0.717) is 11.1 Å². The van der Waals surface area contributed by atoms with E-state index in [0.717, 1.165) is 0 Å². The van der Waals surface area contributed by atoms with Gasteiger partial charge in [0.05, 0.1) is 14.0 Å². The van der Waals surface area contributed by atoms with E-state index in [9.17, 15) is 9.69 Å². The topological polar surface area (TPSA) is 58.6 Å². The van der Waals surface area contributed by atoms with Crippen molar-refractivity contribution in [3.05, 3.63) is 24.3 Å². The fourth-order valence-electron chi connectivity index (χ4n) is 0.987. The van der Waals surface area contributed by atoms with Gasteiger partial charge in [0.1, 0.15) is 11.1 Å². The molecular formula is C9H10O4PS-. The van der Waals surface area contributed by atoms with Crippen LogP contribution in [0.4, 0.5) is 0 Å². The first-order valence-corrected chi connectivity index (χ1v) is 6.75. The monoisotopic (exact) mass is 245 g/mol. The highest BCUT2D eigenvalue weighted by Gasteiger charge is 2.18. The van der Waals surface area contributed by atoms with Crippen LogP contribution in [0.15, 0.2) is 24.3 Å². The summed E-state index contributed by atoms with van der Waals surface area (Å²) in [7, 11) is 1.52. The maximum Gasteiger partial charge on any atom is 0.344 e. The number of methoxy groups -OCH3 is 1. The van der Waals surface area contributed by atoms with Crippen molar-refractivity contribution in [1.82, 2.24) is 0 Å². The van der Waals surface area contributed by atoms with Crippen LogP contribution >= 0.6 is 6.92 Å².